The fourth-order valence-electron chi connectivity index (χ4n) is 1.22. The zero-order chi connectivity index (χ0) is 9.80. The molecule has 0 fully saturated rings. The van der Waals surface area contributed by atoms with Crippen LogP contribution in [-0.2, 0) is 13.1 Å². The van der Waals surface area contributed by atoms with Crippen LogP contribution in [0.4, 0.5) is 0 Å². The van der Waals surface area contributed by atoms with Crippen molar-refractivity contribution in [2.75, 3.05) is 0 Å². The van der Waals surface area contributed by atoms with Crippen LogP contribution in [0.1, 0.15) is 17.1 Å². The molecule has 0 aliphatic carbocycles. The molecule has 2 rings (SSSR count). The quantitative estimate of drug-likeness (QED) is 0.803. The van der Waals surface area contributed by atoms with E-state index in [0.717, 1.165) is 30.2 Å². The molecular weight excluding hydrogens is 180 g/mol. The highest BCUT2D eigenvalue weighted by atomic mass is 16.5. The number of aryl methyl sites for hydroxylation is 1. The lowest BCUT2D eigenvalue weighted by Crippen LogP contribution is -2.11. The van der Waals surface area contributed by atoms with Crippen LogP contribution in [0.3, 0.4) is 0 Å². The highest BCUT2D eigenvalue weighted by Crippen LogP contribution is 2.05. The molecule has 0 atom stereocenters. The van der Waals surface area contributed by atoms with E-state index < -0.39 is 0 Å². The normalized spacial score (nSPS) is 10.6. The third kappa shape index (κ3) is 2.23. The summed E-state index contributed by atoms with van der Waals surface area (Å²) in [4.78, 5) is 0. The van der Waals surface area contributed by atoms with Gasteiger partial charge in [-0.25, -0.2) is 0 Å². The van der Waals surface area contributed by atoms with E-state index in [4.69, 9.17) is 8.94 Å². The average Bonchev–Trinajstić information content (AvgIpc) is 2.77. The maximum atomic E-state index is 5.40. The third-order valence-electron chi connectivity index (χ3n) is 1.91. The Labute approximate surface area is 81.9 Å². The summed E-state index contributed by atoms with van der Waals surface area (Å²) in [5.41, 5.74) is 1.04. The van der Waals surface area contributed by atoms with Crippen molar-refractivity contribution in [2.24, 2.45) is 0 Å². The van der Waals surface area contributed by atoms with E-state index in [2.05, 4.69) is 10.5 Å². The number of rotatable bonds is 4. The zero-order valence-corrected chi connectivity index (χ0v) is 7.99. The van der Waals surface area contributed by atoms with E-state index in [1.807, 2.05) is 19.1 Å². The number of furan rings is 1. The van der Waals surface area contributed by atoms with Gasteiger partial charge in [-0.2, -0.15) is 0 Å². The molecule has 0 saturated heterocycles. The Morgan fingerprint density at radius 2 is 2.29 bits per heavy atom. The summed E-state index contributed by atoms with van der Waals surface area (Å²) >= 11 is 0. The first-order chi connectivity index (χ1) is 6.84. The largest absolute Gasteiger partial charge is 0.465 e. The zero-order valence-electron chi connectivity index (χ0n) is 7.99. The van der Waals surface area contributed by atoms with Crippen LogP contribution in [-0.4, -0.2) is 5.16 Å². The predicted octanol–water partition coefficient (Wildman–Crippen LogP) is 1.87. The van der Waals surface area contributed by atoms with Gasteiger partial charge in [-0.15, -0.1) is 0 Å². The van der Waals surface area contributed by atoms with Gasteiger partial charge in [0, 0.05) is 12.1 Å². The Bertz CT molecular complexity index is 378. The second kappa shape index (κ2) is 4.11. The first kappa shape index (κ1) is 9.02. The van der Waals surface area contributed by atoms with Crippen molar-refractivity contribution in [2.45, 2.75) is 20.0 Å². The van der Waals surface area contributed by atoms with Crippen molar-refractivity contribution in [3.8, 4) is 0 Å². The van der Waals surface area contributed by atoms with Crippen molar-refractivity contribution in [3.63, 3.8) is 0 Å². The van der Waals surface area contributed by atoms with Crippen LogP contribution in [0.2, 0.25) is 0 Å². The molecular formula is C10H12N2O2. The third-order valence-corrected chi connectivity index (χ3v) is 1.91. The number of hydrogen-bond acceptors (Lipinski definition) is 4. The summed E-state index contributed by atoms with van der Waals surface area (Å²) in [6.07, 6.45) is 3.32. The van der Waals surface area contributed by atoms with E-state index >= 15 is 0 Å². The minimum Gasteiger partial charge on any atom is -0.465 e. The topological polar surface area (TPSA) is 51.2 Å². The SMILES string of the molecule is Cc1ccc(CNCc2cnoc2)o1. The summed E-state index contributed by atoms with van der Waals surface area (Å²) in [7, 11) is 0. The minimum absolute atomic E-state index is 0.721. The second-order valence-electron chi connectivity index (χ2n) is 3.15. The van der Waals surface area contributed by atoms with Gasteiger partial charge in [0.25, 0.3) is 0 Å². The molecule has 0 spiro atoms. The van der Waals surface area contributed by atoms with Gasteiger partial charge in [0.05, 0.1) is 12.7 Å². The van der Waals surface area contributed by atoms with Crippen molar-refractivity contribution in [1.29, 1.82) is 0 Å². The Morgan fingerprint density at radius 3 is 2.93 bits per heavy atom. The van der Waals surface area contributed by atoms with E-state index in [9.17, 15) is 0 Å². The molecule has 4 nitrogen and oxygen atoms in total. The van der Waals surface area contributed by atoms with E-state index in [-0.39, 0.29) is 0 Å². The van der Waals surface area contributed by atoms with Crippen LogP contribution in [0.25, 0.3) is 0 Å². The van der Waals surface area contributed by atoms with Gasteiger partial charge in [-0.1, -0.05) is 5.16 Å². The molecule has 0 aliphatic heterocycles. The Kier molecular flexibility index (Phi) is 2.65. The van der Waals surface area contributed by atoms with Crippen LogP contribution < -0.4 is 5.32 Å². The molecule has 1 N–H and O–H groups in total. The smallest absolute Gasteiger partial charge is 0.128 e. The van der Waals surface area contributed by atoms with Crippen LogP contribution in [0.15, 0.2) is 33.5 Å². The number of hydrogen-bond donors (Lipinski definition) is 1. The molecule has 0 aromatic carbocycles. The molecule has 0 radical (unpaired) electrons. The summed E-state index contributed by atoms with van der Waals surface area (Å²) in [6.45, 7) is 3.39. The standard InChI is InChI=1S/C10H12N2O2/c1-8-2-3-10(14-8)6-11-4-9-5-12-13-7-9/h2-3,5,7,11H,4,6H2,1H3. The van der Waals surface area contributed by atoms with E-state index in [1.165, 1.54) is 0 Å². The Morgan fingerprint density at radius 1 is 1.36 bits per heavy atom. The molecule has 0 saturated carbocycles. The molecule has 2 aromatic heterocycles. The van der Waals surface area contributed by atoms with Crippen molar-refractivity contribution < 1.29 is 8.94 Å². The first-order valence-corrected chi connectivity index (χ1v) is 4.49. The monoisotopic (exact) mass is 192 g/mol. The Balaban J connectivity index is 1.78. The Hall–Kier alpha value is -1.55. The van der Waals surface area contributed by atoms with Gasteiger partial charge in [0.1, 0.15) is 17.8 Å². The highest BCUT2D eigenvalue weighted by Gasteiger charge is 1.98. The molecule has 14 heavy (non-hydrogen) atoms. The van der Waals surface area contributed by atoms with Gasteiger partial charge in [0.15, 0.2) is 0 Å². The number of nitrogens with zero attached hydrogens (tertiary/aromatic N) is 1. The van der Waals surface area contributed by atoms with Gasteiger partial charge in [0.2, 0.25) is 0 Å². The van der Waals surface area contributed by atoms with Crippen molar-refractivity contribution >= 4 is 0 Å². The molecule has 2 aromatic rings. The molecule has 4 heteroatoms. The highest BCUT2D eigenvalue weighted by molar-refractivity contribution is 5.06. The fourth-order valence-corrected chi connectivity index (χ4v) is 1.22. The maximum absolute atomic E-state index is 5.40. The van der Waals surface area contributed by atoms with Gasteiger partial charge in [-0.05, 0) is 19.1 Å². The van der Waals surface area contributed by atoms with Gasteiger partial charge < -0.3 is 14.3 Å². The lowest BCUT2D eigenvalue weighted by molar-refractivity contribution is 0.418. The molecule has 0 unspecified atom stereocenters. The number of nitrogens with one attached hydrogen (secondary N) is 1. The lowest BCUT2D eigenvalue weighted by Gasteiger charge is -1.98. The van der Waals surface area contributed by atoms with Crippen LogP contribution in [0, 0.1) is 6.92 Å². The van der Waals surface area contributed by atoms with Gasteiger partial charge in [-0.3, -0.25) is 0 Å². The molecule has 0 amide bonds. The fraction of sp³-hybridized carbons (Fsp3) is 0.300. The summed E-state index contributed by atoms with van der Waals surface area (Å²) in [5, 5.41) is 6.84. The van der Waals surface area contributed by atoms with Crippen LogP contribution in [0.5, 0.6) is 0 Å². The van der Waals surface area contributed by atoms with Crippen molar-refractivity contribution in [3.05, 3.63) is 41.7 Å². The van der Waals surface area contributed by atoms with Crippen molar-refractivity contribution in [1.82, 2.24) is 10.5 Å². The summed E-state index contributed by atoms with van der Waals surface area (Å²) in [5.74, 6) is 1.88. The van der Waals surface area contributed by atoms with E-state index in [0.29, 0.717) is 0 Å². The maximum Gasteiger partial charge on any atom is 0.128 e. The lowest BCUT2D eigenvalue weighted by atomic mass is 10.3. The first-order valence-electron chi connectivity index (χ1n) is 4.49. The summed E-state index contributed by atoms with van der Waals surface area (Å²) in [6, 6.07) is 3.92. The predicted molar refractivity (Wildman–Crippen MR) is 50.5 cm³/mol. The molecule has 0 bridgehead atoms. The molecule has 0 aliphatic rings. The van der Waals surface area contributed by atoms with E-state index in [1.54, 1.807) is 12.5 Å². The molecule has 74 valence electrons. The number of aromatic nitrogens is 1. The summed E-state index contributed by atoms with van der Waals surface area (Å²) < 4.78 is 10.1. The second-order valence-corrected chi connectivity index (χ2v) is 3.15. The van der Waals surface area contributed by atoms with Gasteiger partial charge >= 0.3 is 0 Å². The van der Waals surface area contributed by atoms with Crippen LogP contribution >= 0.6 is 0 Å². The minimum atomic E-state index is 0.721. The average molecular weight is 192 g/mol. The molecule has 2 heterocycles.